The number of nitrogens with one attached hydrogen (secondary N) is 1. The second-order valence-electron chi connectivity index (χ2n) is 7.89. The molecule has 1 aliphatic carbocycles. The average molecular weight is 377 g/mol. The maximum atomic E-state index is 12.7. The minimum absolute atomic E-state index is 0.116. The first kappa shape index (κ1) is 19.9. The molecule has 2 fully saturated rings. The van der Waals surface area contributed by atoms with Gasteiger partial charge in [0.05, 0.1) is 13.2 Å². The van der Waals surface area contributed by atoms with E-state index in [1.165, 1.54) is 19.3 Å². The van der Waals surface area contributed by atoms with E-state index in [0.29, 0.717) is 55.2 Å². The van der Waals surface area contributed by atoms with Crippen LogP contribution >= 0.6 is 0 Å². The lowest BCUT2D eigenvalue weighted by Crippen LogP contribution is -2.42. The molecule has 27 heavy (non-hydrogen) atoms. The number of H-pyrrole nitrogens is 1. The fourth-order valence-corrected chi connectivity index (χ4v) is 4.28. The number of aryl methyl sites for hydroxylation is 1. The van der Waals surface area contributed by atoms with E-state index in [1.54, 1.807) is 0 Å². The Bertz CT molecular complexity index is 712. The van der Waals surface area contributed by atoms with Gasteiger partial charge in [0.2, 0.25) is 11.9 Å². The molecule has 1 aromatic rings. The number of aromatic amines is 1. The lowest BCUT2D eigenvalue weighted by atomic mass is 9.85. The van der Waals surface area contributed by atoms with Gasteiger partial charge in [-0.3, -0.25) is 14.6 Å². The molecule has 1 saturated carbocycles. The molecule has 2 atom stereocenters. The van der Waals surface area contributed by atoms with Crippen molar-refractivity contribution in [3.8, 4) is 0 Å². The van der Waals surface area contributed by atoms with E-state index in [0.717, 1.165) is 19.5 Å². The summed E-state index contributed by atoms with van der Waals surface area (Å²) >= 11 is 0. The van der Waals surface area contributed by atoms with Crippen LogP contribution in [0.25, 0.3) is 0 Å². The van der Waals surface area contributed by atoms with Crippen LogP contribution in [0.1, 0.15) is 50.3 Å². The molecule has 150 valence electrons. The first-order chi connectivity index (χ1) is 13.0. The van der Waals surface area contributed by atoms with Crippen molar-refractivity contribution in [2.75, 3.05) is 38.3 Å². The number of anilines is 1. The van der Waals surface area contributed by atoms with Gasteiger partial charge in [0.1, 0.15) is 0 Å². The van der Waals surface area contributed by atoms with Crippen LogP contribution in [0.5, 0.6) is 0 Å². The zero-order valence-electron chi connectivity index (χ0n) is 16.8. The molecule has 7 nitrogen and oxygen atoms in total. The van der Waals surface area contributed by atoms with E-state index in [4.69, 9.17) is 4.74 Å². The molecule has 1 saturated heterocycles. The van der Waals surface area contributed by atoms with Crippen molar-refractivity contribution in [1.82, 2.24) is 14.9 Å². The van der Waals surface area contributed by atoms with E-state index < -0.39 is 0 Å². The Balaban J connectivity index is 1.63. The summed E-state index contributed by atoms with van der Waals surface area (Å²) in [4.78, 5) is 36.6. The molecule has 3 rings (SSSR count). The zero-order valence-corrected chi connectivity index (χ0v) is 16.8. The van der Waals surface area contributed by atoms with Gasteiger partial charge in [0.25, 0.3) is 5.56 Å². The maximum absolute atomic E-state index is 12.7. The Hall–Kier alpha value is -1.89. The van der Waals surface area contributed by atoms with E-state index in [9.17, 15) is 9.59 Å². The van der Waals surface area contributed by atoms with E-state index in [-0.39, 0.29) is 11.5 Å². The quantitative estimate of drug-likeness (QED) is 0.849. The number of rotatable bonds is 5. The first-order valence-corrected chi connectivity index (χ1v) is 10.2. The molecule has 0 bridgehead atoms. The number of aromatic nitrogens is 2. The van der Waals surface area contributed by atoms with Crippen LogP contribution in [-0.4, -0.2) is 60.2 Å². The van der Waals surface area contributed by atoms with Crippen molar-refractivity contribution in [1.29, 1.82) is 0 Å². The summed E-state index contributed by atoms with van der Waals surface area (Å²) in [5.74, 6) is 1.26. The monoisotopic (exact) mass is 376 g/mol. The molecule has 0 aromatic carbocycles. The number of hydrogen-bond donors (Lipinski definition) is 1. The number of amides is 1. The second-order valence-corrected chi connectivity index (χ2v) is 7.89. The first-order valence-electron chi connectivity index (χ1n) is 10.2. The van der Waals surface area contributed by atoms with Crippen molar-refractivity contribution < 1.29 is 9.53 Å². The lowest BCUT2D eigenvalue weighted by molar-refractivity contribution is -0.133. The number of ether oxygens (including phenoxy) is 1. The normalized spacial score (nSPS) is 23.3. The number of carbonyl (C=O) groups is 1. The molecule has 2 aliphatic rings. The van der Waals surface area contributed by atoms with E-state index in [1.807, 2.05) is 23.8 Å². The number of nitrogens with zero attached hydrogens (tertiary/aromatic N) is 3. The minimum Gasteiger partial charge on any atom is -0.378 e. The highest BCUT2D eigenvalue weighted by molar-refractivity contribution is 5.76. The highest BCUT2D eigenvalue weighted by atomic mass is 16.5. The fourth-order valence-electron chi connectivity index (χ4n) is 4.28. The van der Waals surface area contributed by atoms with Crippen LogP contribution < -0.4 is 10.5 Å². The third-order valence-electron chi connectivity index (χ3n) is 6.07. The highest BCUT2D eigenvalue weighted by Gasteiger charge is 2.27. The summed E-state index contributed by atoms with van der Waals surface area (Å²) in [5.41, 5.74) is 1.19. The second kappa shape index (κ2) is 8.87. The summed E-state index contributed by atoms with van der Waals surface area (Å²) in [6, 6.07) is 0.326. The average Bonchev–Trinajstić information content (AvgIpc) is 2.67. The summed E-state index contributed by atoms with van der Waals surface area (Å²) in [6.45, 7) is 6.83. The minimum atomic E-state index is -0.134. The van der Waals surface area contributed by atoms with Gasteiger partial charge >= 0.3 is 0 Å². The predicted octanol–water partition coefficient (Wildman–Crippen LogP) is 1.88. The molecule has 1 aliphatic heterocycles. The molecule has 2 heterocycles. The van der Waals surface area contributed by atoms with Gasteiger partial charge in [0, 0.05) is 43.9 Å². The molecule has 1 N–H and O–H groups in total. The van der Waals surface area contributed by atoms with Gasteiger partial charge in [-0.2, -0.15) is 0 Å². The van der Waals surface area contributed by atoms with Crippen LogP contribution in [0, 0.1) is 12.8 Å². The molecule has 0 spiro atoms. The molecule has 7 heteroatoms. The van der Waals surface area contributed by atoms with Crippen molar-refractivity contribution in [2.45, 2.75) is 58.4 Å². The third-order valence-corrected chi connectivity index (χ3v) is 6.07. The maximum Gasteiger partial charge on any atom is 0.255 e. The Morgan fingerprint density at radius 3 is 2.67 bits per heavy atom. The Kier molecular flexibility index (Phi) is 6.52. The Morgan fingerprint density at radius 2 is 2.00 bits per heavy atom. The fraction of sp³-hybridized carbons (Fsp3) is 0.750. The van der Waals surface area contributed by atoms with Gasteiger partial charge in [-0.25, -0.2) is 4.98 Å². The number of morpholine rings is 1. The molecule has 0 radical (unpaired) electrons. The highest BCUT2D eigenvalue weighted by Crippen LogP contribution is 2.27. The third kappa shape index (κ3) is 4.69. The molecular weight excluding hydrogens is 344 g/mol. The van der Waals surface area contributed by atoms with Gasteiger partial charge < -0.3 is 14.5 Å². The molecule has 2 unspecified atom stereocenters. The zero-order chi connectivity index (χ0) is 19.4. The van der Waals surface area contributed by atoms with Crippen LogP contribution in [0.3, 0.4) is 0 Å². The number of hydrogen-bond acceptors (Lipinski definition) is 5. The summed E-state index contributed by atoms with van der Waals surface area (Å²) in [6.07, 6.45) is 5.50. The van der Waals surface area contributed by atoms with Crippen molar-refractivity contribution >= 4 is 11.9 Å². The van der Waals surface area contributed by atoms with Gasteiger partial charge in [-0.05, 0) is 32.1 Å². The van der Waals surface area contributed by atoms with Crippen molar-refractivity contribution in [3.63, 3.8) is 0 Å². The molecule has 1 amide bonds. The SMILES string of the molecule is Cc1nc(N2CCOCC2)[nH]c(=O)c1CCC(=O)N(C)C1CCCCC1C. The predicted molar refractivity (Wildman–Crippen MR) is 105 cm³/mol. The van der Waals surface area contributed by atoms with Crippen LogP contribution in [0.2, 0.25) is 0 Å². The smallest absolute Gasteiger partial charge is 0.255 e. The Labute approximate surface area is 161 Å². The topological polar surface area (TPSA) is 78.5 Å². The van der Waals surface area contributed by atoms with Crippen LogP contribution in [-0.2, 0) is 16.0 Å². The molecular formula is C20H32N4O3. The van der Waals surface area contributed by atoms with E-state index in [2.05, 4.69) is 16.9 Å². The van der Waals surface area contributed by atoms with Crippen molar-refractivity contribution in [2.24, 2.45) is 5.92 Å². The van der Waals surface area contributed by atoms with E-state index >= 15 is 0 Å². The van der Waals surface area contributed by atoms with Crippen LogP contribution in [0.15, 0.2) is 4.79 Å². The van der Waals surface area contributed by atoms with Crippen LogP contribution in [0.4, 0.5) is 5.95 Å². The van der Waals surface area contributed by atoms with Crippen molar-refractivity contribution in [3.05, 3.63) is 21.6 Å². The lowest BCUT2D eigenvalue weighted by Gasteiger charge is -2.36. The molecule has 1 aromatic heterocycles. The summed E-state index contributed by atoms with van der Waals surface area (Å²) < 4.78 is 5.35. The number of carbonyl (C=O) groups excluding carboxylic acids is 1. The Morgan fingerprint density at radius 1 is 1.30 bits per heavy atom. The van der Waals surface area contributed by atoms with Gasteiger partial charge in [-0.15, -0.1) is 0 Å². The largest absolute Gasteiger partial charge is 0.378 e. The summed E-state index contributed by atoms with van der Waals surface area (Å²) in [5, 5.41) is 0. The standard InChI is InChI=1S/C20H32N4O3/c1-14-6-4-5-7-17(14)23(3)18(25)9-8-16-15(2)21-20(22-19(16)26)24-10-12-27-13-11-24/h14,17H,4-13H2,1-3H3,(H,21,22,26). The van der Waals surface area contributed by atoms with Gasteiger partial charge in [0.15, 0.2) is 0 Å². The summed E-state index contributed by atoms with van der Waals surface area (Å²) in [7, 11) is 1.91. The van der Waals surface area contributed by atoms with Gasteiger partial charge in [-0.1, -0.05) is 19.8 Å².